The van der Waals surface area contributed by atoms with E-state index < -0.39 is 0 Å². The molecule has 0 atom stereocenters. The number of aromatic nitrogens is 2. The molecule has 1 amide bonds. The molecule has 0 saturated heterocycles. The van der Waals surface area contributed by atoms with Gasteiger partial charge in [-0.2, -0.15) is 0 Å². The summed E-state index contributed by atoms with van der Waals surface area (Å²) in [7, 11) is 0. The zero-order chi connectivity index (χ0) is 13.7. The van der Waals surface area contributed by atoms with E-state index in [1.165, 1.54) is 23.1 Å². The number of hydrogen-bond donors (Lipinski definition) is 1. The minimum Gasteiger partial charge on any atom is -0.325 e. The summed E-state index contributed by atoms with van der Waals surface area (Å²) in [6.45, 7) is 4.22. The van der Waals surface area contributed by atoms with E-state index in [0.717, 1.165) is 15.6 Å². The van der Waals surface area contributed by atoms with Gasteiger partial charge in [-0.1, -0.05) is 55.1 Å². The lowest BCUT2D eigenvalue weighted by atomic mass is 10.0. The highest BCUT2D eigenvalue weighted by Crippen LogP contribution is 2.24. The van der Waals surface area contributed by atoms with Gasteiger partial charge in [-0.15, -0.1) is 10.2 Å². The molecule has 0 spiro atoms. The predicted molar refractivity (Wildman–Crippen MR) is 79.8 cm³/mol. The highest BCUT2D eigenvalue weighted by Gasteiger charge is 2.10. The van der Waals surface area contributed by atoms with Gasteiger partial charge in [-0.25, -0.2) is 0 Å². The molecule has 0 fully saturated rings. The highest BCUT2D eigenvalue weighted by molar-refractivity contribution is 8.01. The molecule has 0 bridgehead atoms. The molecule has 2 rings (SSSR count). The number of hydrogen-bond acceptors (Lipinski definition) is 5. The van der Waals surface area contributed by atoms with E-state index >= 15 is 0 Å². The van der Waals surface area contributed by atoms with Gasteiger partial charge in [-0.05, 0) is 17.5 Å². The number of amides is 1. The minimum absolute atomic E-state index is 0.0201. The molecule has 19 heavy (non-hydrogen) atoms. The Hall–Kier alpha value is -1.40. The quantitative estimate of drug-likeness (QED) is 0.859. The zero-order valence-corrected chi connectivity index (χ0v) is 12.4. The third-order valence-corrected chi connectivity index (χ3v) is 4.38. The number of nitrogens with one attached hydrogen (secondary N) is 1. The Balaban J connectivity index is 1.95. The van der Waals surface area contributed by atoms with Crippen LogP contribution in [-0.2, 0) is 4.79 Å². The van der Waals surface area contributed by atoms with Crippen LogP contribution < -0.4 is 5.32 Å². The van der Waals surface area contributed by atoms with E-state index in [1.54, 1.807) is 5.51 Å². The van der Waals surface area contributed by atoms with Gasteiger partial charge in [0.1, 0.15) is 5.51 Å². The van der Waals surface area contributed by atoms with Crippen molar-refractivity contribution in [2.24, 2.45) is 0 Å². The summed E-state index contributed by atoms with van der Waals surface area (Å²) in [4.78, 5) is 11.9. The molecule has 0 aliphatic carbocycles. The van der Waals surface area contributed by atoms with Crippen molar-refractivity contribution in [3.63, 3.8) is 0 Å². The maximum atomic E-state index is 11.9. The monoisotopic (exact) mass is 293 g/mol. The third-order valence-electron chi connectivity index (χ3n) is 2.52. The van der Waals surface area contributed by atoms with Gasteiger partial charge in [0, 0.05) is 5.69 Å². The van der Waals surface area contributed by atoms with Crippen molar-refractivity contribution in [2.75, 3.05) is 11.1 Å². The number of thioether (sulfide) groups is 1. The van der Waals surface area contributed by atoms with Crippen LogP contribution in [0.3, 0.4) is 0 Å². The molecule has 0 aliphatic heterocycles. The van der Waals surface area contributed by atoms with E-state index in [4.69, 9.17) is 0 Å². The van der Waals surface area contributed by atoms with Crippen molar-refractivity contribution in [1.82, 2.24) is 10.2 Å². The van der Waals surface area contributed by atoms with Crippen LogP contribution >= 0.6 is 23.1 Å². The largest absolute Gasteiger partial charge is 0.325 e. The van der Waals surface area contributed by atoms with Crippen LogP contribution in [0.4, 0.5) is 5.69 Å². The molecule has 0 unspecified atom stereocenters. The van der Waals surface area contributed by atoms with E-state index in [9.17, 15) is 4.79 Å². The number of para-hydroxylation sites is 1. The molecule has 6 heteroatoms. The molecule has 2 aromatic rings. The number of benzene rings is 1. The Kier molecular flexibility index (Phi) is 4.93. The molecule has 100 valence electrons. The average molecular weight is 293 g/mol. The summed E-state index contributed by atoms with van der Waals surface area (Å²) in [5.74, 6) is 0.711. The third kappa shape index (κ3) is 4.04. The molecule has 1 aromatic heterocycles. The lowest BCUT2D eigenvalue weighted by Gasteiger charge is -2.13. The van der Waals surface area contributed by atoms with Crippen LogP contribution in [-0.4, -0.2) is 21.9 Å². The van der Waals surface area contributed by atoms with Crippen molar-refractivity contribution < 1.29 is 4.79 Å². The van der Waals surface area contributed by atoms with Crippen LogP contribution in [0.2, 0.25) is 0 Å². The Morgan fingerprint density at radius 3 is 2.89 bits per heavy atom. The van der Waals surface area contributed by atoms with Crippen LogP contribution in [0.15, 0.2) is 34.1 Å². The Labute approximate surface area is 120 Å². The Morgan fingerprint density at radius 1 is 1.42 bits per heavy atom. The van der Waals surface area contributed by atoms with Crippen molar-refractivity contribution in [2.45, 2.75) is 24.1 Å². The molecular weight excluding hydrogens is 278 g/mol. The number of rotatable bonds is 5. The number of carbonyl (C=O) groups is 1. The fourth-order valence-electron chi connectivity index (χ4n) is 1.65. The first-order chi connectivity index (χ1) is 9.16. The zero-order valence-electron chi connectivity index (χ0n) is 10.8. The van der Waals surface area contributed by atoms with Gasteiger partial charge < -0.3 is 5.32 Å². The van der Waals surface area contributed by atoms with Crippen molar-refractivity contribution >= 4 is 34.7 Å². The summed E-state index contributed by atoms with van der Waals surface area (Å²) in [5.41, 5.74) is 3.70. The van der Waals surface area contributed by atoms with Crippen molar-refractivity contribution in [1.29, 1.82) is 0 Å². The normalized spacial score (nSPS) is 10.7. The summed E-state index contributed by atoms with van der Waals surface area (Å²) >= 11 is 2.84. The van der Waals surface area contributed by atoms with Crippen LogP contribution in [0.1, 0.15) is 25.3 Å². The molecule has 0 radical (unpaired) electrons. The number of nitrogens with zero attached hydrogens (tertiary/aromatic N) is 2. The average Bonchev–Trinajstić information content (AvgIpc) is 2.90. The molecule has 4 nitrogen and oxygen atoms in total. The first kappa shape index (κ1) is 14.0. The van der Waals surface area contributed by atoms with E-state index in [-0.39, 0.29) is 5.91 Å². The minimum atomic E-state index is -0.0201. The van der Waals surface area contributed by atoms with Gasteiger partial charge in [0.15, 0.2) is 4.34 Å². The van der Waals surface area contributed by atoms with Crippen molar-refractivity contribution in [3.05, 3.63) is 35.3 Å². The van der Waals surface area contributed by atoms with Gasteiger partial charge >= 0.3 is 0 Å². The first-order valence-corrected chi connectivity index (χ1v) is 7.81. The molecule has 0 saturated carbocycles. The van der Waals surface area contributed by atoms with Gasteiger partial charge in [0.25, 0.3) is 0 Å². The second kappa shape index (κ2) is 6.68. The van der Waals surface area contributed by atoms with Crippen LogP contribution in [0.25, 0.3) is 0 Å². The van der Waals surface area contributed by atoms with Crippen LogP contribution in [0.5, 0.6) is 0 Å². The molecule has 0 aliphatic rings. The lowest BCUT2D eigenvalue weighted by molar-refractivity contribution is -0.113. The predicted octanol–water partition coefficient (Wildman–Crippen LogP) is 3.39. The topological polar surface area (TPSA) is 54.9 Å². The first-order valence-electron chi connectivity index (χ1n) is 5.94. The second-order valence-electron chi connectivity index (χ2n) is 4.28. The molecule has 1 N–H and O–H groups in total. The molecule has 1 aromatic carbocycles. The maximum Gasteiger partial charge on any atom is 0.234 e. The van der Waals surface area contributed by atoms with Gasteiger partial charge in [-0.3, -0.25) is 4.79 Å². The van der Waals surface area contributed by atoms with Crippen molar-refractivity contribution in [3.8, 4) is 0 Å². The smallest absolute Gasteiger partial charge is 0.234 e. The van der Waals surface area contributed by atoms with E-state index in [1.807, 2.05) is 24.3 Å². The Morgan fingerprint density at radius 2 is 2.21 bits per heavy atom. The SMILES string of the molecule is CC(C)c1ccccc1NC(=O)CSc1nncs1. The summed E-state index contributed by atoms with van der Waals surface area (Å²) in [6, 6.07) is 7.89. The summed E-state index contributed by atoms with van der Waals surface area (Å²) in [6.07, 6.45) is 0. The highest BCUT2D eigenvalue weighted by atomic mass is 32.2. The van der Waals surface area contributed by atoms with E-state index in [2.05, 4.69) is 29.4 Å². The van der Waals surface area contributed by atoms with E-state index in [0.29, 0.717) is 11.7 Å². The van der Waals surface area contributed by atoms with Gasteiger partial charge in [0.2, 0.25) is 5.91 Å². The lowest BCUT2D eigenvalue weighted by Crippen LogP contribution is -2.15. The fraction of sp³-hybridized carbons (Fsp3) is 0.308. The fourth-order valence-corrected chi connectivity index (χ4v) is 2.94. The summed E-state index contributed by atoms with van der Waals surface area (Å²) in [5, 5.41) is 10.6. The summed E-state index contributed by atoms with van der Waals surface area (Å²) < 4.78 is 0.812. The number of anilines is 1. The second-order valence-corrected chi connectivity index (χ2v) is 6.34. The standard InChI is InChI=1S/C13H15N3OS2/c1-9(2)10-5-3-4-6-11(10)15-12(17)7-18-13-16-14-8-19-13/h3-6,8-9H,7H2,1-2H3,(H,15,17). The van der Waals surface area contributed by atoms with Gasteiger partial charge in [0.05, 0.1) is 5.75 Å². The number of carbonyl (C=O) groups excluding carboxylic acids is 1. The maximum absolute atomic E-state index is 11.9. The van der Waals surface area contributed by atoms with Crippen LogP contribution in [0, 0.1) is 0 Å². The molecule has 1 heterocycles. The molecular formula is C13H15N3OS2. The Bertz CT molecular complexity index is 541.